The molecule has 78 valence electrons. The lowest BCUT2D eigenvalue weighted by molar-refractivity contribution is -0.0749. The number of ether oxygens (including phenoxy) is 2. The van der Waals surface area contributed by atoms with Gasteiger partial charge >= 0.3 is 0 Å². The van der Waals surface area contributed by atoms with Gasteiger partial charge < -0.3 is 9.47 Å². The summed E-state index contributed by atoms with van der Waals surface area (Å²) >= 11 is 0. The second-order valence-electron chi connectivity index (χ2n) is 4.52. The predicted molar refractivity (Wildman–Crippen MR) is 55.6 cm³/mol. The van der Waals surface area contributed by atoms with Crippen molar-refractivity contribution < 1.29 is 9.47 Å². The van der Waals surface area contributed by atoms with Gasteiger partial charge in [-0.15, -0.1) is 0 Å². The van der Waals surface area contributed by atoms with Crippen LogP contribution in [0.25, 0.3) is 0 Å². The topological polar surface area (TPSA) is 18.5 Å². The highest BCUT2D eigenvalue weighted by atomic mass is 16.7. The summed E-state index contributed by atoms with van der Waals surface area (Å²) in [4.78, 5) is 0. The van der Waals surface area contributed by atoms with E-state index in [-0.39, 0.29) is 6.29 Å². The average Bonchev–Trinajstić information content (AvgIpc) is 2.02. The lowest BCUT2D eigenvalue weighted by Crippen LogP contribution is -2.15. The summed E-state index contributed by atoms with van der Waals surface area (Å²) in [5.41, 5.74) is 1.47. The molecule has 0 unspecified atom stereocenters. The maximum absolute atomic E-state index is 5.14. The molecule has 0 aromatic rings. The molecule has 0 bridgehead atoms. The van der Waals surface area contributed by atoms with Gasteiger partial charge in [-0.05, 0) is 24.3 Å². The minimum absolute atomic E-state index is 0.192. The monoisotopic (exact) mass is 186 g/mol. The summed E-state index contributed by atoms with van der Waals surface area (Å²) in [5.74, 6) is 0. The minimum Gasteiger partial charge on any atom is -0.352 e. The van der Waals surface area contributed by atoms with E-state index in [2.05, 4.69) is 26.8 Å². The van der Waals surface area contributed by atoms with E-state index in [1.165, 1.54) is 0 Å². The van der Waals surface area contributed by atoms with Gasteiger partial charge in [0.05, 0.1) is 0 Å². The highest BCUT2D eigenvalue weighted by Crippen LogP contribution is 2.21. The van der Waals surface area contributed by atoms with Crippen LogP contribution in [0.1, 0.15) is 34.1 Å². The molecule has 0 N–H and O–H groups in total. The summed E-state index contributed by atoms with van der Waals surface area (Å²) < 4.78 is 10.3. The molecule has 0 rings (SSSR count). The van der Waals surface area contributed by atoms with Crippen molar-refractivity contribution in [2.75, 3.05) is 14.2 Å². The quantitative estimate of drug-likeness (QED) is 0.496. The number of rotatable bonds is 4. The van der Waals surface area contributed by atoms with Crippen molar-refractivity contribution in [3.8, 4) is 0 Å². The fraction of sp³-hybridized carbons (Fsp3) is 0.818. The van der Waals surface area contributed by atoms with Gasteiger partial charge in [-0.1, -0.05) is 26.8 Å². The van der Waals surface area contributed by atoms with E-state index in [4.69, 9.17) is 9.47 Å². The van der Waals surface area contributed by atoms with E-state index in [1.807, 2.05) is 6.92 Å². The molecule has 0 fully saturated rings. The van der Waals surface area contributed by atoms with Crippen LogP contribution in [0.5, 0.6) is 0 Å². The fourth-order valence-electron chi connectivity index (χ4n) is 1.03. The fourth-order valence-corrected chi connectivity index (χ4v) is 1.03. The van der Waals surface area contributed by atoms with Crippen molar-refractivity contribution in [3.05, 3.63) is 11.6 Å². The van der Waals surface area contributed by atoms with Gasteiger partial charge in [0, 0.05) is 14.2 Å². The van der Waals surface area contributed by atoms with E-state index in [0.29, 0.717) is 5.41 Å². The van der Waals surface area contributed by atoms with Gasteiger partial charge in [0.2, 0.25) is 0 Å². The van der Waals surface area contributed by atoms with Gasteiger partial charge in [-0.2, -0.15) is 0 Å². The predicted octanol–water partition coefficient (Wildman–Crippen LogP) is 2.99. The zero-order valence-electron chi connectivity index (χ0n) is 9.68. The van der Waals surface area contributed by atoms with E-state index in [0.717, 1.165) is 12.0 Å². The Morgan fingerprint density at radius 3 is 2.00 bits per heavy atom. The van der Waals surface area contributed by atoms with Crippen molar-refractivity contribution in [2.45, 2.75) is 40.4 Å². The molecule has 0 amide bonds. The third kappa shape index (κ3) is 5.83. The Balaban J connectivity index is 4.15. The third-order valence-electron chi connectivity index (χ3n) is 1.84. The third-order valence-corrected chi connectivity index (χ3v) is 1.84. The SMILES string of the molecule is COC(OC)/C(C)=C/CC(C)(C)C. The van der Waals surface area contributed by atoms with Crippen LogP contribution in [-0.2, 0) is 9.47 Å². The van der Waals surface area contributed by atoms with Crippen LogP contribution >= 0.6 is 0 Å². The van der Waals surface area contributed by atoms with Crippen molar-refractivity contribution in [1.82, 2.24) is 0 Å². The molecule has 2 heteroatoms. The van der Waals surface area contributed by atoms with Crippen LogP contribution in [0.2, 0.25) is 0 Å². The van der Waals surface area contributed by atoms with Gasteiger partial charge in [-0.3, -0.25) is 0 Å². The molecule has 0 saturated carbocycles. The molecule has 0 aliphatic heterocycles. The van der Waals surface area contributed by atoms with Crippen LogP contribution in [0.15, 0.2) is 11.6 Å². The summed E-state index contributed by atoms with van der Waals surface area (Å²) in [6.07, 6.45) is 3.03. The minimum atomic E-state index is -0.192. The van der Waals surface area contributed by atoms with E-state index >= 15 is 0 Å². The summed E-state index contributed by atoms with van der Waals surface area (Å²) in [5, 5.41) is 0. The van der Waals surface area contributed by atoms with Gasteiger partial charge in [-0.25, -0.2) is 0 Å². The molecule has 0 atom stereocenters. The van der Waals surface area contributed by atoms with Crippen LogP contribution < -0.4 is 0 Å². The van der Waals surface area contributed by atoms with Crippen LogP contribution in [-0.4, -0.2) is 20.5 Å². The standard InChI is InChI=1S/C11H22O2/c1-9(10(12-5)13-6)7-8-11(2,3)4/h7,10H,8H2,1-6H3/b9-7+. The molecular formula is C11H22O2. The Labute approximate surface area is 81.9 Å². The van der Waals surface area contributed by atoms with Crippen LogP contribution in [0.3, 0.4) is 0 Å². The number of hydrogen-bond acceptors (Lipinski definition) is 2. The second kappa shape index (κ2) is 5.40. The lowest BCUT2D eigenvalue weighted by atomic mass is 9.91. The van der Waals surface area contributed by atoms with Gasteiger partial charge in [0.1, 0.15) is 0 Å². The Kier molecular flexibility index (Phi) is 5.26. The van der Waals surface area contributed by atoms with Crippen LogP contribution in [0.4, 0.5) is 0 Å². The molecule has 0 aliphatic carbocycles. The van der Waals surface area contributed by atoms with Crippen molar-refractivity contribution in [1.29, 1.82) is 0 Å². The molecule has 2 nitrogen and oxygen atoms in total. The molecule has 0 spiro atoms. The van der Waals surface area contributed by atoms with E-state index < -0.39 is 0 Å². The first-order valence-electron chi connectivity index (χ1n) is 4.63. The zero-order chi connectivity index (χ0) is 10.5. The molecule has 13 heavy (non-hydrogen) atoms. The number of hydrogen-bond donors (Lipinski definition) is 0. The van der Waals surface area contributed by atoms with Crippen molar-refractivity contribution >= 4 is 0 Å². The molecule has 0 aromatic carbocycles. The molecule has 0 aliphatic rings. The number of allylic oxidation sites excluding steroid dienone is 1. The first-order chi connectivity index (χ1) is 5.90. The Morgan fingerprint density at radius 1 is 1.23 bits per heavy atom. The second-order valence-corrected chi connectivity index (χ2v) is 4.52. The molecule has 0 radical (unpaired) electrons. The number of methoxy groups -OCH3 is 2. The van der Waals surface area contributed by atoms with Crippen molar-refractivity contribution in [3.63, 3.8) is 0 Å². The van der Waals surface area contributed by atoms with E-state index in [9.17, 15) is 0 Å². The zero-order valence-corrected chi connectivity index (χ0v) is 9.68. The van der Waals surface area contributed by atoms with Gasteiger partial charge in [0.15, 0.2) is 6.29 Å². The maximum Gasteiger partial charge on any atom is 0.178 e. The summed E-state index contributed by atoms with van der Waals surface area (Å²) in [6.45, 7) is 8.67. The summed E-state index contributed by atoms with van der Waals surface area (Å²) in [7, 11) is 3.31. The first kappa shape index (κ1) is 12.7. The molecular weight excluding hydrogens is 164 g/mol. The summed E-state index contributed by atoms with van der Waals surface area (Å²) in [6, 6.07) is 0. The Bertz CT molecular complexity index is 161. The smallest absolute Gasteiger partial charge is 0.178 e. The first-order valence-corrected chi connectivity index (χ1v) is 4.63. The average molecular weight is 186 g/mol. The normalized spacial score (nSPS) is 13.9. The maximum atomic E-state index is 5.14. The van der Waals surface area contributed by atoms with Crippen molar-refractivity contribution in [2.24, 2.45) is 5.41 Å². The van der Waals surface area contributed by atoms with E-state index in [1.54, 1.807) is 14.2 Å². The van der Waals surface area contributed by atoms with Crippen LogP contribution in [0, 0.1) is 5.41 Å². The Hall–Kier alpha value is -0.340. The lowest BCUT2D eigenvalue weighted by Gasteiger charge is -2.18. The van der Waals surface area contributed by atoms with Gasteiger partial charge in [0.25, 0.3) is 0 Å². The largest absolute Gasteiger partial charge is 0.352 e. The molecule has 0 aromatic heterocycles. The highest BCUT2D eigenvalue weighted by molar-refractivity contribution is 5.02. The Morgan fingerprint density at radius 2 is 1.69 bits per heavy atom. The highest BCUT2D eigenvalue weighted by Gasteiger charge is 2.11. The molecule has 0 heterocycles. The molecule has 0 saturated heterocycles.